The molecular weight excluding hydrogens is 280 g/mol. The first-order valence-corrected chi connectivity index (χ1v) is 8.00. The molecule has 0 bridgehead atoms. The molecule has 0 saturated carbocycles. The van der Waals surface area contributed by atoms with Crippen LogP contribution in [0.1, 0.15) is 13.8 Å². The van der Waals surface area contributed by atoms with E-state index in [-0.39, 0.29) is 16.5 Å². The molecule has 0 saturated heterocycles. The number of esters is 1. The molecule has 3 N–H and O–H groups in total. The van der Waals surface area contributed by atoms with Crippen molar-refractivity contribution in [3.05, 3.63) is 18.2 Å². The lowest BCUT2D eigenvalue weighted by atomic mass is 10.0. The van der Waals surface area contributed by atoms with Gasteiger partial charge in [0.15, 0.2) is 9.84 Å². The van der Waals surface area contributed by atoms with Crippen LogP contribution >= 0.6 is 0 Å². The summed E-state index contributed by atoms with van der Waals surface area (Å²) in [6, 6.07) is 3.81. The fraction of sp³-hybridized carbons (Fsp3) is 0.462. The summed E-state index contributed by atoms with van der Waals surface area (Å²) in [6.07, 6.45) is 1.11. The van der Waals surface area contributed by atoms with Crippen LogP contribution in [0.2, 0.25) is 0 Å². The molecule has 0 aliphatic rings. The summed E-state index contributed by atoms with van der Waals surface area (Å²) in [5.74, 6) is -0.400. The molecule has 112 valence electrons. The van der Waals surface area contributed by atoms with Crippen LogP contribution in [0.4, 0.5) is 11.4 Å². The predicted molar refractivity (Wildman–Crippen MR) is 78.2 cm³/mol. The third-order valence-corrected chi connectivity index (χ3v) is 3.99. The maximum absolute atomic E-state index is 11.7. The number of nitrogens with one attached hydrogen (secondary N) is 1. The summed E-state index contributed by atoms with van der Waals surface area (Å²) in [4.78, 5) is 11.8. The van der Waals surface area contributed by atoms with Crippen molar-refractivity contribution in [2.24, 2.45) is 5.92 Å². The highest BCUT2D eigenvalue weighted by atomic mass is 32.2. The molecule has 0 spiro atoms. The lowest BCUT2D eigenvalue weighted by molar-refractivity contribution is -0.142. The van der Waals surface area contributed by atoms with Gasteiger partial charge in [-0.15, -0.1) is 0 Å². The smallest absolute Gasteiger partial charge is 0.328 e. The number of anilines is 2. The van der Waals surface area contributed by atoms with Gasteiger partial charge in [-0.05, 0) is 24.1 Å². The first-order valence-electron chi connectivity index (χ1n) is 6.10. The maximum atomic E-state index is 11.7. The van der Waals surface area contributed by atoms with Gasteiger partial charge < -0.3 is 15.8 Å². The Morgan fingerprint density at radius 3 is 2.35 bits per heavy atom. The average molecular weight is 300 g/mol. The fourth-order valence-electron chi connectivity index (χ4n) is 1.70. The van der Waals surface area contributed by atoms with Gasteiger partial charge in [0.2, 0.25) is 0 Å². The Morgan fingerprint density at radius 2 is 1.95 bits per heavy atom. The SMILES string of the molecule is COC(=O)C(Nc1ccc(S(C)(=O)=O)cc1N)C(C)C. The summed E-state index contributed by atoms with van der Waals surface area (Å²) in [5, 5.41) is 2.98. The molecule has 0 fully saturated rings. The summed E-state index contributed by atoms with van der Waals surface area (Å²) in [7, 11) is -1.99. The third-order valence-electron chi connectivity index (χ3n) is 2.88. The zero-order chi connectivity index (χ0) is 15.5. The van der Waals surface area contributed by atoms with Crippen molar-refractivity contribution in [1.82, 2.24) is 0 Å². The van der Waals surface area contributed by atoms with Crippen LogP contribution in [0.25, 0.3) is 0 Å². The van der Waals surface area contributed by atoms with Gasteiger partial charge in [-0.1, -0.05) is 13.8 Å². The highest BCUT2D eigenvalue weighted by Gasteiger charge is 2.23. The number of hydrogen-bond donors (Lipinski definition) is 2. The molecule has 0 amide bonds. The highest BCUT2D eigenvalue weighted by molar-refractivity contribution is 7.90. The molecule has 20 heavy (non-hydrogen) atoms. The molecule has 7 heteroatoms. The third kappa shape index (κ3) is 3.86. The van der Waals surface area contributed by atoms with E-state index < -0.39 is 21.8 Å². The van der Waals surface area contributed by atoms with Gasteiger partial charge in [0.25, 0.3) is 0 Å². The minimum atomic E-state index is -3.31. The first-order chi connectivity index (χ1) is 9.16. The number of nitrogen functional groups attached to an aromatic ring is 1. The van der Waals surface area contributed by atoms with E-state index in [1.165, 1.54) is 19.2 Å². The van der Waals surface area contributed by atoms with Gasteiger partial charge in [-0.3, -0.25) is 0 Å². The van der Waals surface area contributed by atoms with Gasteiger partial charge in [-0.2, -0.15) is 0 Å². The largest absolute Gasteiger partial charge is 0.467 e. The second-order valence-corrected chi connectivity index (χ2v) is 6.93. The molecule has 0 aliphatic carbocycles. The second-order valence-electron chi connectivity index (χ2n) is 4.91. The van der Waals surface area contributed by atoms with Gasteiger partial charge in [0, 0.05) is 6.26 Å². The van der Waals surface area contributed by atoms with Crippen LogP contribution in [0.5, 0.6) is 0 Å². The van der Waals surface area contributed by atoms with E-state index in [0.717, 1.165) is 6.26 Å². The molecule has 1 aromatic rings. The zero-order valence-electron chi connectivity index (χ0n) is 12.0. The predicted octanol–water partition coefficient (Wildman–Crippen LogP) is 1.28. The molecule has 0 heterocycles. The van der Waals surface area contributed by atoms with Gasteiger partial charge in [-0.25, -0.2) is 13.2 Å². The topological polar surface area (TPSA) is 98.5 Å². The molecular formula is C13H20N2O4S. The minimum Gasteiger partial charge on any atom is -0.467 e. The fourth-order valence-corrected chi connectivity index (χ4v) is 2.35. The molecule has 1 aromatic carbocycles. The normalized spacial score (nSPS) is 13.1. The Balaban J connectivity index is 3.06. The zero-order valence-corrected chi connectivity index (χ0v) is 12.8. The van der Waals surface area contributed by atoms with Crippen molar-refractivity contribution < 1.29 is 17.9 Å². The second kappa shape index (κ2) is 6.13. The summed E-state index contributed by atoms with van der Waals surface area (Å²) in [6.45, 7) is 3.74. The van der Waals surface area contributed by atoms with Gasteiger partial charge >= 0.3 is 5.97 Å². The Hall–Kier alpha value is -1.76. The molecule has 0 aliphatic heterocycles. The van der Waals surface area contributed by atoms with Crippen LogP contribution in [0.3, 0.4) is 0 Å². The first kappa shape index (κ1) is 16.3. The van der Waals surface area contributed by atoms with Crippen LogP contribution in [-0.4, -0.2) is 33.8 Å². The number of hydrogen-bond acceptors (Lipinski definition) is 6. The van der Waals surface area contributed by atoms with Crippen molar-refractivity contribution in [2.45, 2.75) is 24.8 Å². The number of benzene rings is 1. The van der Waals surface area contributed by atoms with Crippen molar-refractivity contribution in [3.8, 4) is 0 Å². The van der Waals surface area contributed by atoms with E-state index in [2.05, 4.69) is 5.32 Å². The molecule has 1 rings (SSSR count). The van der Waals surface area contributed by atoms with Crippen LogP contribution in [0.15, 0.2) is 23.1 Å². The molecule has 6 nitrogen and oxygen atoms in total. The van der Waals surface area contributed by atoms with Gasteiger partial charge in [0.05, 0.1) is 23.4 Å². The number of methoxy groups -OCH3 is 1. The monoisotopic (exact) mass is 300 g/mol. The Morgan fingerprint density at radius 1 is 1.35 bits per heavy atom. The number of carbonyl (C=O) groups is 1. The lowest BCUT2D eigenvalue weighted by Crippen LogP contribution is -2.35. The Kier molecular flexibility index (Phi) is 4.99. The number of sulfone groups is 1. The highest BCUT2D eigenvalue weighted by Crippen LogP contribution is 2.24. The summed E-state index contributed by atoms with van der Waals surface area (Å²) in [5.41, 5.74) is 6.60. The molecule has 1 unspecified atom stereocenters. The van der Waals surface area contributed by atoms with Gasteiger partial charge in [0.1, 0.15) is 6.04 Å². The Bertz CT molecular complexity index is 596. The van der Waals surface area contributed by atoms with E-state index in [1.807, 2.05) is 13.8 Å². The van der Waals surface area contributed by atoms with E-state index in [1.54, 1.807) is 6.07 Å². The Labute approximate surface area is 119 Å². The minimum absolute atomic E-state index is 0.00330. The summed E-state index contributed by atoms with van der Waals surface area (Å²) >= 11 is 0. The quantitative estimate of drug-likeness (QED) is 0.628. The molecule has 0 radical (unpaired) electrons. The van der Waals surface area contributed by atoms with Crippen molar-refractivity contribution in [1.29, 1.82) is 0 Å². The van der Waals surface area contributed by atoms with Crippen LogP contribution < -0.4 is 11.1 Å². The summed E-state index contributed by atoms with van der Waals surface area (Å²) < 4.78 is 27.6. The number of ether oxygens (including phenoxy) is 1. The van der Waals surface area contributed by atoms with Crippen LogP contribution in [0, 0.1) is 5.92 Å². The van der Waals surface area contributed by atoms with Crippen molar-refractivity contribution in [2.75, 3.05) is 24.4 Å². The molecule has 0 aromatic heterocycles. The van der Waals surface area contributed by atoms with Crippen molar-refractivity contribution in [3.63, 3.8) is 0 Å². The molecule has 1 atom stereocenters. The van der Waals surface area contributed by atoms with E-state index >= 15 is 0 Å². The van der Waals surface area contributed by atoms with E-state index in [9.17, 15) is 13.2 Å². The van der Waals surface area contributed by atoms with E-state index in [0.29, 0.717) is 5.69 Å². The van der Waals surface area contributed by atoms with E-state index in [4.69, 9.17) is 10.5 Å². The maximum Gasteiger partial charge on any atom is 0.328 e. The standard InChI is InChI=1S/C13H20N2O4S/c1-8(2)12(13(16)19-3)15-11-6-5-9(7-10(11)14)20(4,17)18/h5-8,12,15H,14H2,1-4H3. The average Bonchev–Trinajstić information content (AvgIpc) is 2.34. The lowest BCUT2D eigenvalue weighted by Gasteiger charge is -2.22. The van der Waals surface area contributed by atoms with Crippen LogP contribution in [-0.2, 0) is 19.4 Å². The number of carbonyl (C=O) groups excluding carboxylic acids is 1. The number of rotatable bonds is 5. The van der Waals surface area contributed by atoms with Crippen molar-refractivity contribution >= 4 is 27.2 Å². The number of nitrogens with two attached hydrogens (primary N) is 1.